The highest BCUT2D eigenvalue weighted by Crippen LogP contribution is 2.31. The third-order valence-electron chi connectivity index (χ3n) is 2.02. The minimum atomic E-state index is 0.0743. The number of ketones is 1. The number of carbonyl (C=O) groups excluding carboxylic acids is 1. The quantitative estimate of drug-likeness (QED) is 0.596. The van der Waals surface area contributed by atoms with E-state index < -0.39 is 0 Å². The maximum Gasteiger partial charge on any atom is 0.151 e. The third kappa shape index (κ3) is 3.44. The van der Waals surface area contributed by atoms with Gasteiger partial charge < -0.3 is 0 Å². The molecule has 0 atom stereocenters. The molecule has 0 saturated heterocycles. The maximum absolute atomic E-state index is 11.3. The summed E-state index contributed by atoms with van der Waals surface area (Å²) in [5, 5.41) is 0. The molecule has 1 rings (SSSR count). The standard InChI is InChI=1S/C11H13ClOS2/c1-14-10-5-3-4-8(11(10)15-2)6-9(13)7-12/h3-5H,6-7H2,1-2H3. The first-order chi connectivity index (χ1) is 7.22. The van der Waals surface area contributed by atoms with E-state index in [1.165, 1.54) is 9.79 Å². The van der Waals surface area contributed by atoms with Gasteiger partial charge in [0.15, 0.2) is 5.78 Å². The summed E-state index contributed by atoms with van der Waals surface area (Å²) in [6, 6.07) is 6.06. The molecule has 1 nitrogen and oxygen atoms in total. The van der Waals surface area contributed by atoms with E-state index in [0.717, 1.165) is 5.56 Å². The lowest BCUT2D eigenvalue weighted by Crippen LogP contribution is -2.05. The molecule has 0 amide bonds. The number of halogens is 1. The predicted octanol–water partition coefficient (Wildman–Crippen LogP) is 3.48. The summed E-state index contributed by atoms with van der Waals surface area (Å²) in [7, 11) is 0. The van der Waals surface area contributed by atoms with Crippen molar-refractivity contribution in [3.63, 3.8) is 0 Å². The van der Waals surface area contributed by atoms with Gasteiger partial charge >= 0.3 is 0 Å². The van der Waals surface area contributed by atoms with Crippen LogP contribution in [-0.2, 0) is 11.2 Å². The SMILES string of the molecule is CSc1cccc(CC(=O)CCl)c1SC. The van der Waals surface area contributed by atoms with Gasteiger partial charge in [-0.1, -0.05) is 12.1 Å². The van der Waals surface area contributed by atoms with Crippen LogP contribution in [0.25, 0.3) is 0 Å². The average Bonchev–Trinajstić information content (AvgIpc) is 2.28. The van der Waals surface area contributed by atoms with Crippen LogP contribution in [0, 0.1) is 0 Å². The molecule has 0 radical (unpaired) electrons. The fourth-order valence-corrected chi connectivity index (χ4v) is 3.15. The molecule has 0 unspecified atom stereocenters. The van der Waals surface area contributed by atoms with Gasteiger partial charge in [-0.25, -0.2) is 0 Å². The van der Waals surface area contributed by atoms with Crippen molar-refractivity contribution >= 4 is 40.9 Å². The van der Waals surface area contributed by atoms with E-state index in [2.05, 4.69) is 6.07 Å². The molecule has 1 aromatic carbocycles. The monoisotopic (exact) mass is 260 g/mol. The molecule has 15 heavy (non-hydrogen) atoms. The second kappa shape index (κ2) is 6.46. The van der Waals surface area contributed by atoms with Crippen molar-refractivity contribution in [2.75, 3.05) is 18.4 Å². The average molecular weight is 261 g/mol. The molecular formula is C11H13ClOS2. The number of Topliss-reactive ketones (excluding diaryl/α,β-unsaturated/α-hetero) is 1. The highest BCUT2D eigenvalue weighted by Gasteiger charge is 2.09. The van der Waals surface area contributed by atoms with E-state index >= 15 is 0 Å². The Morgan fingerprint density at radius 3 is 2.60 bits per heavy atom. The smallest absolute Gasteiger partial charge is 0.151 e. The van der Waals surface area contributed by atoms with Crippen LogP contribution < -0.4 is 0 Å². The van der Waals surface area contributed by atoms with E-state index in [1.807, 2.05) is 24.6 Å². The summed E-state index contributed by atoms with van der Waals surface area (Å²) in [6.45, 7) is 0. The summed E-state index contributed by atoms with van der Waals surface area (Å²) in [4.78, 5) is 13.7. The molecule has 0 aliphatic carbocycles. The van der Waals surface area contributed by atoms with Crippen molar-refractivity contribution in [1.29, 1.82) is 0 Å². The zero-order valence-corrected chi connectivity index (χ0v) is 11.1. The largest absolute Gasteiger partial charge is 0.298 e. The number of hydrogen-bond donors (Lipinski definition) is 0. The fraction of sp³-hybridized carbons (Fsp3) is 0.364. The number of carbonyl (C=O) groups is 1. The number of rotatable bonds is 5. The molecule has 1 aromatic rings. The van der Waals surface area contributed by atoms with Crippen LogP contribution in [0.1, 0.15) is 5.56 Å². The third-order valence-corrected chi connectivity index (χ3v) is 4.12. The topological polar surface area (TPSA) is 17.1 Å². The highest BCUT2D eigenvalue weighted by atomic mass is 35.5. The summed E-state index contributed by atoms with van der Waals surface area (Å²) < 4.78 is 0. The Labute approximate surface area is 104 Å². The molecule has 82 valence electrons. The van der Waals surface area contributed by atoms with Crippen LogP contribution in [0.3, 0.4) is 0 Å². The maximum atomic E-state index is 11.3. The zero-order valence-electron chi connectivity index (χ0n) is 8.75. The first kappa shape index (κ1) is 12.9. The molecule has 0 aromatic heterocycles. The van der Waals surface area contributed by atoms with Gasteiger partial charge in [-0.15, -0.1) is 35.1 Å². The van der Waals surface area contributed by atoms with Crippen LogP contribution in [-0.4, -0.2) is 24.2 Å². The Kier molecular flexibility index (Phi) is 5.58. The van der Waals surface area contributed by atoms with Crippen LogP contribution in [0.2, 0.25) is 0 Å². The van der Waals surface area contributed by atoms with Crippen LogP contribution in [0.15, 0.2) is 28.0 Å². The predicted molar refractivity (Wildman–Crippen MR) is 69.4 cm³/mol. The molecule has 4 heteroatoms. The van der Waals surface area contributed by atoms with Crippen molar-refractivity contribution in [2.24, 2.45) is 0 Å². The van der Waals surface area contributed by atoms with Gasteiger partial charge in [0.2, 0.25) is 0 Å². The van der Waals surface area contributed by atoms with Crippen LogP contribution >= 0.6 is 35.1 Å². The number of hydrogen-bond acceptors (Lipinski definition) is 3. The summed E-state index contributed by atoms with van der Waals surface area (Å²) >= 11 is 8.90. The van der Waals surface area contributed by atoms with Gasteiger partial charge in [0, 0.05) is 16.2 Å². The van der Waals surface area contributed by atoms with Gasteiger partial charge in [-0.2, -0.15) is 0 Å². The zero-order chi connectivity index (χ0) is 11.3. The molecule has 0 heterocycles. The molecule has 0 N–H and O–H groups in total. The molecule has 0 saturated carbocycles. The Bertz CT molecular complexity index is 352. The second-order valence-electron chi connectivity index (χ2n) is 3.00. The lowest BCUT2D eigenvalue weighted by molar-refractivity contribution is -0.116. The fourth-order valence-electron chi connectivity index (χ4n) is 1.35. The molecule has 0 aliphatic rings. The van der Waals surface area contributed by atoms with Gasteiger partial charge in [0.05, 0.1) is 5.88 Å². The summed E-state index contributed by atoms with van der Waals surface area (Å²) in [5.74, 6) is 0.169. The Hall–Kier alpha value is -0.120. The van der Waals surface area contributed by atoms with E-state index in [1.54, 1.807) is 23.5 Å². The van der Waals surface area contributed by atoms with Crippen molar-refractivity contribution in [1.82, 2.24) is 0 Å². The van der Waals surface area contributed by atoms with Crippen LogP contribution in [0.5, 0.6) is 0 Å². The highest BCUT2D eigenvalue weighted by molar-refractivity contribution is 8.01. The van der Waals surface area contributed by atoms with Crippen molar-refractivity contribution in [3.8, 4) is 0 Å². The second-order valence-corrected chi connectivity index (χ2v) is 4.93. The van der Waals surface area contributed by atoms with Crippen molar-refractivity contribution in [3.05, 3.63) is 23.8 Å². The molecule has 0 bridgehead atoms. The van der Waals surface area contributed by atoms with Crippen molar-refractivity contribution < 1.29 is 4.79 Å². The summed E-state index contributed by atoms with van der Waals surface area (Å²) in [6.07, 6.45) is 4.51. The molecular weight excluding hydrogens is 248 g/mol. The Morgan fingerprint density at radius 2 is 2.07 bits per heavy atom. The number of thioether (sulfide) groups is 2. The van der Waals surface area contributed by atoms with Gasteiger partial charge in [0.25, 0.3) is 0 Å². The van der Waals surface area contributed by atoms with E-state index in [0.29, 0.717) is 6.42 Å². The van der Waals surface area contributed by atoms with E-state index in [-0.39, 0.29) is 11.7 Å². The van der Waals surface area contributed by atoms with Crippen molar-refractivity contribution in [2.45, 2.75) is 16.2 Å². The first-order valence-corrected chi connectivity index (χ1v) is 7.48. The van der Waals surface area contributed by atoms with Crippen LogP contribution in [0.4, 0.5) is 0 Å². The minimum absolute atomic E-state index is 0.0743. The summed E-state index contributed by atoms with van der Waals surface area (Å²) in [5.41, 5.74) is 1.08. The first-order valence-electron chi connectivity index (χ1n) is 4.50. The number of benzene rings is 1. The lowest BCUT2D eigenvalue weighted by Gasteiger charge is -2.10. The molecule has 0 aliphatic heterocycles. The van der Waals surface area contributed by atoms with E-state index in [9.17, 15) is 4.79 Å². The van der Waals surface area contributed by atoms with Gasteiger partial charge in [-0.05, 0) is 24.1 Å². The van der Waals surface area contributed by atoms with E-state index in [4.69, 9.17) is 11.6 Å². The van der Waals surface area contributed by atoms with Gasteiger partial charge in [-0.3, -0.25) is 4.79 Å². The Balaban J connectivity index is 3.00. The number of alkyl halides is 1. The molecule has 0 spiro atoms. The lowest BCUT2D eigenvalue weighted by atomic mass is 10.1. The Morgan fingerprint density at radius 1 is 1.33 bits per heavy atom. The normalized spacial score (nSPS) is 10.3. The minimum Gasteiger partial charge on any atom is -0.298 e. The van der Waals surface area contributed by atoms with Gasteiger partial charge in [0.1, 0.15) is 0 Å². The molecule has 0 fully saturated rings.